The second-order valence-electron chi connectivity index (χ2n) is 3.82. The van der Waals surface area contributed by atoms with Crippen LogP contribution in [0.25, 0.3) is 0 Å². The van der Waals surface area contributed by atoms with Crippen molar-refractivity contribution in [3.8, 4) is 0 Å². The molecular weight excluding hydrogens is 199 g/mol. The monoisotopic (exact) mass is 208 g/mol. The highest BCUT2D eigenvalue weighted by atomic mass is 19.1. The maximum Gasteiger partial charge on any atom is 0.341 e. The summed E-state index contributed by atoms with van der Waals surface area (Å²) in [5, 5.41) is 0. The van der Waals surface area contributed by atoms with E-state index >= 15 is 0 Å². The van der Waals surface area contributed by atoms with Crippen molar-refractivity contribution in [1.82, 2.24) is 0 Å². The first-order chi connectivity index (χ1) is 7.18. The fraction of sp³-hybridized carbons (Fsp3) is 0.364. The fourth-order valence-corrected chi connectivity index (χ4v) is 2.00. The lowest BCUT2D eigenvalue weighted by molar-refractivity contribution is 0.0531. The number of carbonyl (C=O) groups is 1. The molecule has 1 fully saturated rings. The number of rotatable bonds is 1. The molecule has 3 rings (SSSR count). The summed E-state index contributed by atoms with van der Waals surface area (Å²) < 4.78 is 23.6. The van der Waals surface area contributed by atoms with Crippen molar-refractivity contribution >= 4 is 5.97 Å². The lowest BCUT2D eigenvalue weighted by atomic mass is 9.96. The van der Waals surface area contributed by atoms with Crippen molar-refractivity contribution in [2.45, 2.75) is 19.6 Å². The zero-order valence-corrected chi connectivity index (χ0v) is 8.17. The highest BCUT2D eigenvalue weighted by Gasteiger charge is 2.34. The molecule has 0 spiro atoms. The Bertz CT molecular complexity index is 463. The second-order valence-corrected chi connectivity index (χ2v) is 3.82. The maximum absolute atomic E-state index is 13.6. The maximum atomic E-state index is 13.6. The summed E-state index contributed by atoms with van der Waals surface area (Å²) in [6, 6.07) is 1.39. The van der Waals surface area contributed by atoms with E-state index in [1.54, 1.807) is 0 Å². The van der Waals surface area contributed by atoms with Crippen LogP contribution in [0.1, 0.15) is 33.2 Å². The van der Waals surface area contributed by atoms with E-state index in [9.17, 15) is 9.18 Å². The van der Waals surface area contributed by atoms with E-state index in [4.69, 9.17) is 9.47 Å². The van der Waals surface area contributed by atoms with Crippen molar-refractivity contribution < 1.29 is 18.7 Å². The molecule has 0 N–H and O–H groups in total. The number of ether oxygens (including phenoxy) is 2. The predicted octanol–water partition coefficient (Wildman–Crippen LogP) is 1.88. The highest BCUT2D eigenvalue weighted by molar-refractivity contribution is 5.94. The minimum atomic E-state index is -0.561. The van der Waals surface area contributed by atoms with Crippen molar-refractivity contribution in [3.63, 3.8) is 0 Å². The molecule has 0 radical (unpaired) electrons. The van der Waals surface area contributed by atoms with E-state index in [2.05, 4.69) is 0 Å². The molecule has 2 aliphatic heterocycles. The van der Waals surface area contributed by atoms with E-state index in [1.165, 1.54) is 6.07 Å². The number of carbonyl (C=O) groups excluding carboxylic acids is 1. The molecule has 4 heteroatoms. The normalized spacial score (nSPS) is 22.5. The molecule has 1 unspecified atom stereocenters. The molecule has 2 heterocycles. The zero-order chi connectivity index (χ0) is 10.6. The molecule has 0 aromatic heterocycles. The molecule has 78 valence electrons. The molecule has 0 saturated carbocycles. The Balaban J connectivity index is 2.23. The van der Waals surface area contributed by atoms with Gasteiger partial charge in [-0.05, 0) is 24.1 Å². The van der Waals surface area contributed by atoms with Crippen LogP contribution in [-0.2, 0) is 16.1 Å². The van der Waals surface area contributed by atoms with Crippen LogP contribution >= 0.6 is 0 Å². The number of hydrogen-bond acceptors (Lipinski definition) is 3. The van der Waals surface area contributed by atoms with Gasteiger partial charge in [-0.15, -0.1) is 0 Å². The van der Waals surface area contributed by atoms with Crippen LogP contribution in [-0.4, -0.2) is 12.6 Å². The smallest absolute Gasteiger partial charge is 0.341 e. The van der Waals surface area contributed by atoms with Crippen molar-refractivity contribution in [2.24, 2.45) is 0 Å². The first-order valence-electron chi connectivity index (χ1n) is 4.79. The van der Waals surface area contributed by atoms with Crippen molar-refractivity contribution in [1.29, 1.82) is 0 Å². The third-order valence-corrected chi connectivity index (χ3v) is 2.94. The van der Waals surface area contributed by atoms with Gasteiger partial charge in [-0.1, -0.05) is 0 Å². The Morgan fingerprint density at radius 1 is 1.53 bits per heavy atom. The van der Waals surface area contributed by atoms with Gasteiger partial charge in [0.2, 0.25) is 0 Å². The third-order valence-electron chi connectivity index (χ3n) is 2.94. The highest BCUT2D eigenvalue weighted by Crippen LogP contribution is 2.37. The Kier molecular flexibility index (Phi) is 1.65. The number of benzene rings is 1. The van der Waals surface area contributed by atoms with Crippen molar-refractivity contribution in [2.75, 3.05) is 6.61 Å². The Morgan fingerprint density at radius 2 is 2.27 bits per heavy atom. The summed E-state index contributed by atoms with van der Waals surface area (Å²) in [6.45, 7) is 2.68. The van der Waals surface area contributed by atoms with Gasteiger partial charge in [-0.2, -0.15) is 0 Å². The van der Waals surface area contributed by atoms with Crippen LogP contribution in [0, 0.1) is 12.7 Å². The lowest BCUT2D eigenvalue weighted by Gasteiger charge is -2.07. The molecule has 3 nitrogen and oxygen atoms in total. The average Bonchev–Trinajstić information content (AvgIpc) is 2.96. The summed E-state index contributed by atoms with van der Waals surface area (Å²) >= 11 is 0. The molecule has 1 aromatic carbocycles. The lowest BCUT2D eigenvalue weighted by Crippen LogP contribution is -2.02. The van der Waals surface area contributed by atoms with Crippen LogP contribution in [0.4, 0.5) is 4.39 Å². The second kappa shape index (κ2) is 2.79. The summed E-state index contributed by atoms with van der Waals surface area (Å²) in [4.78, 5) is 11.2. The van der Waals surface area contributed by atoms with Gasteiger partial charge in [-0.25, -0.2) is 9.18 Å². The number of epoxide rings is 1. The number of hydrogen-bond donors (Lipinski definition) is 0. The molecule has 1 saturated heterocycles. The fourth-order valence-electron chi connectivity index (χ4n) is 2.00. The minimum Gasteiger partial charge on any atom is -0.457 e. The first kappa shape index (κ1) is 8.85. The molecule has 2 aliphatic rings. The van der Waals surface area contributed by atoms with Crippen LogP contribution in [0.2, 0.25) is 0 Å². The standard InChI is InChI=1S/C11H9FO3/c1-5-6(9-4-14-9)2-8(12)10-7(5)3-15-11(10)13/h2,9H,3-4H2,1H3. The van der Waals surface area contributed by atoms with Gasteiger partial charge in [0.15, 0.2) is 0 Å². The summed E-state index contributed by atoms with van der Waals surface area (Å²) in [5.74, 6) is -1.06. The molecule has 0 bridgehead atoms. The van der Waals surface area contributed by atoms with Gasteiger partial charge in [0.25, 0.3) is 0 Å². The quantitative estimate of drug-likeness (QED) is 0.522. The summed E-state index contributed by atoms with van der Waals surface area (Å²) in [5.41, 5.74) is 2.52. The third kappa shape index (κ3) is 1.18. The van der Waals surface area contributed by atoms with Crippen LogP contribution < -0.4 is 0 Å². The van der Waals surface area contributed by atoms with E-state index in [-0.39, 0.29) is 18.3 Å². The number of fused-ring (bicyclic) bond motifs is 1. The van der Waals surface area contributed by atoms with Gasteiger partial charge in [-0.3, -0.25) is 0 Å². The molecular formula is C11H9FO3. The Hall–Kier alpha value is -1.42. The SMILES string of the molecule is Cc1c(C2CO2)cc(F)c2c1COC2=O. The van der Waals surface area contributed by atoms with Gasteiger partial charge in [0, 0.05) is 5.56 Å². The topological polar surface area (TPSA) is 38.8 Å². The first-order valence-corrected chi connectivity index (χ1v) is 4.79. The molecule has 0 amide bonds. The number of esters is 1. The molecule has 1 aromatic rings. The summed E-state index contributed by atoms with van der Waals surface area (Å²) in [6.07, 6.45) is 0.000465. The molecule has 15 heavy (non-hydrogen) atoms. The van der Waals surface area contributed by atoms with E-state index in [1.807, 2.05) is 6.92 Å². The van der Waals surface area contributed by atoms with Crippen LogP contribution in [0.15, 0.2) is 6.07 Å². The number of cyclic esters (lactones) is 1. The van der Waals surface area contributed by atoms with Crippen LogP contribution in [0.5, 0.6) is 0 Å². The Morgan fingerprint density at radius 3 is 2.93 bits per heavy atom. The molecule has 1 atom stereocenters. The predicted molar refractivity (Wildman–Crippen MR) is 48.9 cm³/mol. The summed E-state index contributed by atoms with van der Waals surface area (Å²) in [7, 11) is 0. The Labute approximate surface area is 85.8 Å². The van der Waals surface area contributed by atoms with Gasteiger partial charge < -0.3 is 9.47 Å². The largest absolute Gasteiger partial charge is 0.457 e. The molecule has 0 aliphatic carbocycles. The van der Waals surface area contributed by atoms with E-state index in [0.29, 0.717) is 12.2 Å². The van der Waals surface area contributed by atoms with Gasteiger partial charge >= 0.3 is 5.97 Å². The van der Waals surface area contributed by atoms with E-state index < -0.39 is 11.8 Å². The van der Waals surface area contributed by atoms with Crippen molar-refractivity contribution in [3.05, 3.63) is 34.1 Å². The number of halogens is 1. The minimum absolute atomic E-state index is 0.000465. The average molecular weight is 208 g/mol. The zero-order valence-electron chi connectivity index (χ0n) is 8.17. The van der Waals surface area contributed by atoms with Gasteiger partial charge in [0.1, 0.15) is 24.1 Å². The van der Waals surface area contributed by atoms with E-state index in [0.717, 1.165) is 11.1 Å². The van der Waals surface area contributed by atoms with Crippen LogP contribution in [0.3, 0.4) is 0 Å². The van der Waals surface area contributed by atoms with Gasteiger partial charge in [0.05, 0.1) is 6.61 Å².